The average Bonchev–Trinajstić information content (AvgIpc) is 2.23. The Morgan fingerprint density at radius 3 is 2.56 bits per heavy atom. The molecule has 1 amide bonds. The topological polar surface area (TPSA) is 108 Å². The summed E-state index contributed by atoms with van der Waals surface area (Å²) >= 11 is 0. The lowest BCUT2D eigenvalue weighted by atomic mass is 9.97. The van der Waals surface area contributed by atoms with Gasteiger partial charge in [0.1, 0.15) is 24.4 Å². The first-order chi connectivity index (χ1) is 7.51. The molecule has 7 nitrogen and oxygen atoms in total. The summed E-state index contributed by atoms with van der Waals surface area (Å²) in [7, 11) is 1.34. The molecule has 0 aromatic carbocycles. The summed E-state index contributed by atoms with van der Waals surface area (Å²) in [6.45, 7) is 0.842. The Morgan fingerprint density at radius 2 is 2.12 bits per heavy atom. The molecule has 1 fully saturated rings. The molecule has 0 spiro atoms. The molecule has 94 valence electrons. The number of methoxy groups -OCH3 is 1. The van der Waals surface area contributed by atoms with Crippen LogP contribution in [0.1, 0.15) is 6.92 Å². The minimum Gasteiger partial charge on any atom is -0.394 e. The largest absolute Gasteiger partial charge is 0.394 e. The van der Waals surface area contributed by atoms with Crippen molar-refractivity contribution in [3.63, 3.8) is 0 Å². The highest BCUT2D eigenvalue weighted by atomic mass is 16.6. The highest BCUT2D eigenvalue weighted by Crippen LogP contribution is 2.21. The fourth-order valence-corrected chi connectivity index (χ4v) is 1.76. The third-order valence-electron chi connectivity index (χ3n) is 2.51. The molecule has 1 aliphatic rings. The number of rotatable bonds is 3. The number of aliphatic hydroxyl groups excluding tert-OH is 3. The highest BCUT2D eigenvalue weighted by molar-refractivity contribution is 5.73. The zero-order valence-electron chi connectivity index (χ0n) is 9.16. The van der Waals surface area contributed by atoms with Gasteiger partial charge in [-0.3, -0.25) is 4.79 Å². The molecule has 7 heteroatoms. The molecule has 1 aliphatic heterocycles. The third-order valence-corrected chi connectivity index (χ3v) is 2.51. The Kier molecular flexibility index (Phi) is 4.63. The van der Waals surface area contributed by atoms with Crippen molar-refractivity contribution in [1.82, 2.24) is 5.32 Å². The van der Waals surface area contributed by atoms with E-state index in [0.29, 0.717) is 0 Å². The van der Waals surface area contributed by atoms with Crippen LogP contribution in [0.15, 0.2) is 0 Å². The van der Waals surface area contributed by atoms with Crippen molar-refractivity contribution in [3.05, 3.63) is 0 Å². The van der Waals surface area contributed by atoms with Crippen molar-refractivity contribution in [1.29, 1.82) is 0 Å². The molecule has 16 heavy (non-hydrogen) atoms. The van der Waals surface area contributed by atoms with Gasteiger partial charge in [-0.15, -0.1) is 0 Å². The molecule has 1 saturated heterocycles. The van der Waals surface area contributed by atoms with Crippen LogP contribution >= 0.6 is 0 Å². The van der Waals surface area contributed by atoms with Crippen LogP contribution in [0, 0.1) is 0 Å². The van der Waals surface area contributed by atoms with Crippen LogP contribution in [-0.4, -0.2) is 65.6 Å². The summed E-state index contributed by atoms with van der Waals surface area (Å²) in [5.74, 6) is -0.371. The lowest BCUT2D eigenvalue weighted by molar-refractivity contribution is -0.258. The highest BCUT2D eigenvalue weighted by Gasteiger charge is 2.45. The first-order valence-corrected chi connectivity index (χ1v) is 4.93. The number of carbonyl (C=O) groups is 1. The van der Waals surface area contributed by atoms with Gasteiger partial charge in [-0.25, -0.2) is 0 Å². The van der Waals surface area contributed by atoms with Crippen molar-refractivity contribution in [2.75, 3.05) is 13.7 Å². The van der Waals surface area contributed by atoms with Crippen LogP contribution in [-0.2, 0) is 14.3 Å². The van der Waals surface area contributed by atoms with Gasteiger partial charge in [0.05, 0.1) is 6.61 Å². The fourth-order valence-electron chi connectivity index (χ4n) is 1.76. The number of aliphatic hydroxyl groups is 3. The molecule has 5 atom stereocenters. The van der Waals surface area contributed by atoms with Crippen LogP contribution in [0.25, 0.3) is 0 Å². The van der Waals surface area contributed by atoms with Crippen LogP contribution in [0.3, 0.4) is 0 Å². The van der Waals surface area contributed by atoms with Gasteiger partial charge in [0.15, 0.2) is 6.29 Å². The monoisotopic (exact) mass is 235 g/mol. The predicted molar refractivity (Wildman–Crippen MR) is 52.4 cm³/mol. The number of nitrogens with one attached hydrogen (secondary N) is 1. The molecule has 0 saturated carbocycles. The number of hydrogen-bond donors (Lipinski definition) is 4. The summed E-state index contributed by atoms with van der Waals surface area (Å²) in [6, 6.07) is -0.861. The van der Waals surface area contributed by atoms with Crippen LogP contribution in [0.4, 0.5) is 0 Å². The van der Waals surface area contributed by atoms with Crippen molar-refractivity contribution in [2.24, 2.45) is 0 Å². The Morgan fingerprint density at radius 1 is 1.50 bits per heavy atom. The van der Waals surface area contributed by atoms with Gasteiger partial charge in [0.25, 0.3) is 0 Å². The van der Waals surface area contributed by atoms with Crippen molar-refractivity contribution in [2.45, 2.75) is 37.6 Å². The van der Waals surface area contributed by atoms with E-state index < -0.39 is 37.3 Å². The molecule has 0 radical (unpaired) electrons. The van der Waals surface area contributed by atoms with E-state index in [1.165, 1.54) is 14.0 Å². The quantitative estimate of drug-likeness (QED) is 0.433. The van der Waals surface area contributed by atoms with Crippen LogP contribution in [0.5, 0.6) is 0 Å². The second-order valence-electron chi connectivity index (χ2n) is 3.66. The Bertz CT molecular complexity index is 248. The average molecular weight is 235 g/mol. The van der Waals surface area contributed by atoms with Gasteiger partial charge >= 0.3 is 0 Å². The van der Waals surface area contributed by atoms with E-state index in [2.05, 4.69) is 5.32 Å². The van der Waals surface area contributed by atoms with E-state index in [9.17, 15) is 15.0 Å². The lowest BCUT2D eigenvalue weighted by Gasteiger charge is -2.41. The van der Waals surface area contributed by atoms with E-state index >= 15 is 0 Å². The number of hydrogen-bond acceptors (Lipinski definition) is 6. The van der Waals surface area contributed by atoms with Crippen molar-refractivity contribution >= 4 is 5.91 Å². The van der Waals surface area contributed by atoms with E-state index in [0.717, 1.165) is 0 Å². The van der Waals surface area contributed by atoms with Crippen molar-refractivity contribution < 1.29 is 29.6 Å². The van der Waals surface area contributed by atoms with Gasteiger partial charge < -0.3 is 30.1 Å². The summed E-state index contributed by atoms with van der Waals surface area (Å²) in [4.78, 5) is 10.9. The number of amides is 1. The van der Waals surface area contributed by atoms with Crippen LogP contribution < -0.4 is 5.32 Å². The van der Waals surface area contributed by atoms with Crippen molar-refractivity contribution in [3.8, 4) is 0 Å². The lowest BCUT2D eigenvalue weighted by Crippen LogP contribution is -2.64. The number of ether oxygens (including phenoxy) is 2. The van der Waals surface area contributed by atoms with Gasteiger partial charge in [0, 0.05) is 14.0 Å². The summed E-state index contributed by atoms with van der Waals surface area (Å²) in [6.07, 6.45) is -4.19. The first kappa shape index (κ1) is 13.3. The Hall–Kier alpha value is -0.730. The van der Waals surface area contributed by atoms with Gasteiger partial charge in [0.2, 0.25) is 5.91 Å². The SMILES string of the molecule is COC1C(O)C(CO)OC(O)[C@@H]1NC(C)=O. The maximum absolute atomic E-state index is 10.9. The molecule has 0 aromatic heterocycles. The summed E-state index contributed by atoms with van der Waals surface area (Å²) in [5, 5.41) is 30.7. The van der Waals surface area contributed by atoms with Gasteiger partial charge in [-0.1, -0.05) is 0 Å². The summed E-state index contributed by atoms with van der Waals surface area (Å²) in [5.41, 5.74) is 0. The minimum atomic E-state index is -1.32. The Balaban J connectivity index is 2.78. The predicted octanol–water partition coefficient (Wildman–Crippen LogP) is -2.42. The molecule has 0 aliphatic carbocycles. The van der Waals surface area contributed by atoms with Crippen LogP contribution in [0.2, 0.25) is 0 Å². The van der Waals surface area contributed by atoms with Gasteiger partial charge in [-0.2, -0.15) is 0 Å². The molecule has 4 N–H and O–H groups in total. The van der Waals surface area contributed by atoms with E-state index in [4.69, 9.17) is 14.6 Å². The summed E-state index contributed by atoms with van der Waals surface area (Å²) < 4.78 is 9.96. The first-order valence-electron chi connectivity index (χ1n) is 4.93. The maximum Gasteiger partial charge on any atom is 0.217 e. The molecular formula is C9H17NO6. The van der Waals surface area contributed by atoms with E-state index in [1.54, 1.807) is 0 Å². The molecule has 4 unspecified atom stereocenters. The standard InChI is InChI=1S/C9H17NO6/c1-4(12)10-6-8(15-2)7(13)5(3-11)16-9(6)14/h5-9,11,13-14H,3H2,1-2H3,(H,10,12)/t5?,6-,7?,8?,9?/m1/s1. The maximum atomic E-state index is 10.9. The van der Waals surface area contributed by atoms with Gasteiger partial charge in [-0.05, 0) is 0 Å². The molecular weight excluding hydrogens is 218 g/mol. The molecule has 0 bridgehead atoms. The fraction of sp³-hybridized carbons (Fsp3) is 0.889. The van der Waals surface area contributed by atoms with E-state index in [-0.39, 0.29) is 5.91 Å². The number of carbonyl (C=O) groups excluding carboxylic acids is 1. The third kappa shape index (κ3) is 2.69. The van der Waals surface area contributed by atoms with E-state index in [1.807, 2.05) is 0 Å². The second-order valence-corrected chi connectivity index (χ2v) is 3.66. The molecule has 1 rings (SSSR count). The Labute approximate surface area is 93.0 Å². The second kappa shape index (κ2) is 5.55. The zero-order valence-corrected chi connectivity index (χ0v) is 9.16. The zero-order chi connectivity index (χ0) is 12.3. The smallest absolute Gasteiger partial charge is 0.217 e. The molecule has 1 heterocycles. The normalized spacial score (nSPS) is 39.4. The molecule has 0 aromatic rings. The minimum absolute atomic E-state index is 0.371.